The Hall–Kier alpha value is -4.37. The number of hydrogen-bond donors (Lipinski definition) is 2. The molecule has 0 aliphatic rings. The predicted octanol–water partition coefficient (Wildman–Crippen LogP) is 3.77. The smallest absolute Gasteiger partial charge is 0.264 e. The Kier molecular flexibility index (Phi) is 5.62. The monoisotopic (exact) mass is 488 g/mol. The lowest BCUT2D eigenvalue weighted by Crippen LogP contribution is -2.32. The molecular weight excluding hydrogens is 468 g/mol. The highest BCUT2D eigenvalue weighted by Crippen LogP contribution is 2.27. The summed E-state index contributed by atoms with van der Waals surface area (Å²) in [5.74, 6) is 0.185. The third-order valence-electron chi connectivity index (χ3n) is 5.78. The number of hydrogen-bond acceptors (Lipinski definition) is 6. The fourth-order valence-corrected chi connectivity index (χ4v) is 4.40. The highest BCUT2D eigenvalue weighted by atomic mass is 35.5. The summed E-state index contributed by atoms with van der Waals surface area (Å²) in [5.41, 5.74) is 7.34. The largest absolute Gasteiger partial charge is 0.497 e. The van der Waals surface area contributed by atoms with E-state index in [2.05, 4.69) is 15.4 Å². The van der Waals surface area contributed by atoms with Crippen molar-refractivity contribution in [3.8, 4) is 11.4 Å². The lowest BCUT2D eigenvalue weighted by atomic mass is 10.1. The topological polar surface area (TPSA) is 117 Å². The molecule has 10 heteroatoms. The molecule has 35 heavy (non-hydrogen) atoms. The van der Waals surface area contributed by atoms with Crippen molar-refractivity contribution in [2.75, 3.05) is 12.8 Å². The molecule has 0 radical (unpaired) electrons. The Bertz CT molecular complexity index is 1660. The minimum Gasteiger partial charge on any atom is -0.497 e. The Morgan fingerprint density at radius 1 is 1.17 bits per heavy atom. The van der Waals surface area contributed by atoms with E-state index in [0.717, 1.165) is 0 Å². The number of carbonyl (C=O) groups is 1. The Labute approximate surface area is 204 Å². The summed E-state index contributed by atoms with van der Waals surface area (Å²) in [6, 6.07) is 15.3. The van der Waals surface area contributed by atoms with Crippen molar-refractivity contribution < 1.29 is 9.53 Å². The highest BCUT2D eigenvalue weighted by Gasteiger charge is 2.24. The molecule has 5 aromatic rings. The lowest BCUT2D eigenvalue weighted by molar-refractivity contribution is 0.0941. The van der Waals surface area contributed by atoms with Crippen LogP contribution < -0.4 is 21.3 Å². The van der Waals surface area contributed by atoms with Crippen molar-refractivity contribution >= 4 is 39.7 Å². The van der Waals surface area contributed by atoms with Gasteiger partial charge in [-0.1, -0.05) is 29.8 Å². The standard InChI is InChI=1S/C25H21ClN6O3/c1-14(29-24(33)21-22(27)30-31-11-5-10-28-23(21)31)19-12-15-6-3-9-18(26)20(15)25(34)32(19)16-7-4-8-17(13-16)35-2/h3-14H,1-2H3,(H2,27,30)(H,29,33)/t14-/m0/s1. The van der Waals surface area contributed by atoms with E-state index in [1.807, 2.05) is 12.1 Å². The molecule has 2 aromatic carbocycles. The zero-order chi connectivity index (χ0) is 24.7. The van der Waals surface area contributed by atoms with Gasteiger partial charge in [-0.2, -0.15) is 0 Å². The number of methoxy groups -OCH3 is 1. The van der Waals surface area contributed by atoms with E-state index in [0.29, 0.717) is 38.6 Å². The summed E-state index contributed by atoms with van der Waals surface area (Å²) < 4.78 is 8.32. The molecule has 3 aromatic heterocycles. The van der Waals surface area contributed by atoms with Crippen molar-refractivity contribution in [3.05, 3.63) is 93.6 Å². The fraction of sp³-hybridized carbons (Fsp3) is 0.120. The molecule has 5 rings (SSSR count). The van der Waals surface area contributed by atoms with Gasteiger partial charge in [0.05, 0.1) is 29.2 Å². The van der Waals surface area contributed by atoms with Crippen LogP contribution in [0.25, 0.3) is 22.1 Å². The molecule has 3 N–H and O–H groups in total. The van der Waals surface area contributed by atoms with Gasteiger partial charge >= 0.3 is 0 Å². The van der Waals surface area contributed by atoms with E-state index in [1.54, 1.807) is 68.9 Å². The number of amides is 1. The van der Waals surface area contributed by atoms with Gasteiger partial charge in [-0.05, 0) is 42.6 Å². The number of nitrogen functional groups attached to an aromatic ring is 1. The normalized spacial score (nSPS) is 12.1. The molecule has 0 aliphatic carbocycles. The van der Waals surface area contributed by atoms with E-state index < -0.39 is 11.9 Å². The van der Waals surface area contributed by atoms with Gasteiger partial charge in [-0.3, -0.25) is 14.2 Å². The first-order valence-corrected chi connectivity index (χ1v) is 11.1. The van der Waals surface area contributed by atoms with Crippen molar-refractivity contribution in [3.63, 3.8) is 0 Å². The number of halogens is 1. The van der Waals surface area contributed by atoms with Crippen LogP contribution in [0.3, 0.4) is 0 Å². The first-order chi connectivity index (χ1) is 16.9. The number of ether oxygens (including phenoxy) is 1. The van der Waals surface area contributed by atoms with Crippen LogP contribution in [0.5, 0.6) is 5.75 Å². The summed E-state index contributed by atoms with van der Waals surface area (Å²) in [5, 5.41) is 8.48. The number of aromatic nitrogens is 4. The van der Waals surface area contributed by atoms with E-state index >= 15 is 0 Å². The van der Waals surface area contributed by atoms with Gasteiger partial charge in [-0.15, -0.1) is 5.10 Å². The number of benzene rings is 2. The Morgan fingerprint density at radius 3 is 2.77 bits per heavy atom. The molecule has 1 atom stereocenters. The molecular formula is C25H21ClN6O3. The molecule has 0 unspecified atom stereocenters. The van der Waals surface area contributed by atoms with Gasteiger partial charge in [0.15, 0.2) is 11.5 Å². The molecule has 0 saturated heterocycles. The Morgan fingerprint density at radius 2 is 1.97 bits per heavy atom. The molecule has 1 amide bonds. The minimum absolute atomic E-state index is 0.0591. The van der Waals surface area contributed by atoms with Crippen LogP contribution in [-0.2, 0) is 0 Å². The van der Waals surface area contributed by atoms with Crippen LogP contribution in [0.4, 0.5) is 5.82 Å². The van der Waals surface area contributed by atoms with Crippen LogP contribution in [-0.4, -0.2) is 32.2 Å². The second-order valence-corrected chi connectivity index (χ2v) is 8.37. The quantitative estimate of drug-likeness (QED) is 0.389. The first kappa shape index (κ1) is 22.4. The average molecular weight is 489 g/mol. The number of nitrogens with two attached hydrogens (primary N) is 1. The maximum atomic E-state index is 13.7. The summed E-state index contributed by atoms with van der Waals surface area (Å²) in [7, 11) is 1.55. The third kappa shape index (κ3) is 3.85. The van der Waals surface area contributed by atoms with Crippen molar-refractivity contribution in [1.82, 2.24) is 24.5 Å². The van der Waals surface area contributed by atoms with Crippen molar-refractivity contribution in [2.24, 2.45) is 0 Å². The van der Waals surface area contributed by atoms with E-state index in [4.69, 9.17) is 22.1 Å². The fourth-order valence-electron chi connectivity index (χ4n) is 4.14. The van der Waals surface area contributed by atoms with Gasteiger partial charge in [0.25, 0.3) is 11.5 Å². The summed E-state index contributed by atoms with van der Waals surface area (Å²) >= 11 is 6.40. The number of anilines is 1. The number of nitrogens with one attached hydrogen (secondary N) is 1. The number of nitrogens with zero attached hydrogens (tertiary/aromatic N) is 4. The van der Waals surface area contributed by atoms with Crippen molar-refractivity contribution in [2.45, 2.75) is 13.0 Å². The Balaban J connectivity index is 1.65. The zero-order valence-electron chi connectivity index (χ0n) is 18.9. The SMILES string of the molecule is COc1cccc(-n2c([C@H](C)NC(=O)c3c(N)nn4cccnc34)cc3cccc(Cl)c3c2=O)c1. The van der Waals surface area contributed by atoms with E-state index in [1.165, 1.54) is 9.08 Å². The number of fused-ring (bicyclic) bond motifs is 2. The number of carbonyl (C=O) groups excluding carboxylic acids is 1. The maximum Gasteiger partial charge on any atom is 0.264 e. The molecule has 9 nitrogen and oxygen atoms in total. The molecule has 0 aliphatic heterocycles. The number of rotatable bonds is 5. The third-order valence-corrected chi connectivity index (χ3v) is 6.09. The van der Waals surface area contributed by atoms with E-state index in [-0.39, 0.29) is 16.9 Å². The molecule has 0 bridgehead atoms. The van der Waals surface area contributed by atoms with Crippen LogP contribution in [0.15, 0.2) is 71.8 Å². The first-order valence-electron chi connectivity index (χ1n) is 10.8. The predicted molar refractivity (Wildman–Crippen MR) is 134 cm³/mol. The molecule has 176 valence electrons. The van der Waals surface area contributed by atoms with Gasteiger partial charge in [-0.25, -0.2) is 9.50 Å². The molecule has 0 fully saturated rings. The maximum absolute atomic E-state index is 13.7. The molecule has 3 heterocycles. The van der Waals surface area contributed by atoms with Crippen LogP contribution in [0, 0.1) is 0 Å². The highest BCUT2D eigenvalue weighted by molar-refractivity contribution is 6.35. The van der Waals surface area contributed by atoms with Gasteiger partial charge in [0.2, 0.25) is 0 Å². The van der Waals surface area contributed by atoms with Gasteiger partial charge in [0, 0.05) is 24.2 Å². The molecule has 0 spiro atoms. The molecule has 0 saturated carbocycles. The number of pyridine rings is 1. The lowest BCUT2D eigenvalue weighted by Gasteiger charge is -2.21. The summed E-state index contributed by atoms with van der Waals surface area (Å²) in [6.07, 6.45) is 3.22. The summed E-state index contributed by atoms with van der Waals surface area (Å²) in [4.78, 5) is 31.2. The van der Waals surface area contributed by atoms with Gasteiger partial charge < -0.3 is 15.8 Å². The minimum atomic E-state index is -0.595. The van der Waals surface area contributed by atoms with Gasteiger partial charge in [0.1, 0.15) is 11.3 Å². The van der Waals surface area contributed by atoms with Crippen LogP contribution in [0.1, 0.15) is 29.0 Å². The second kappa shape index (κ2) is 8.77. The van der Waals surface area contributed by atoms with Crippen molar-refractivity contribution in [1.29, 1.82) is 0 Å². The zero-order valence-corrected chi connectivity index (χ0v) is 19.7. The summed E-state index contributed by atoms with van der Waals surface area (Å²) in [6.45, 7) is 1.79. The van der Waals surface area contributed by atoms with Crippen LogP contribution >= 0.6 is 11.6 Å². The average Bonchev–Trinajstić information content (AvgIpc) is 3.19. The van der Waals surface area contributed by atoms with E-state index in [9.17, 15) is 9.59 Å². The van der Waals surface area contributed by atoms with Crippen LogP contribution in [0.2, 0.25) is 5.02 Å². The second-order valence-electron chi connectivity index (χ2n) is 7.96.